The first-order valence-corrected chi connectivity index (χ1v) is 6.40. The zero-order valence-electron chi connectivity index (χ0n) is 11.7. The molecule has 1 unspecified atom stereocenters. The van der Waals surface area contributed by atoms with Crippen molar-refractivity contribution in [1.82, 2.24) is 4.90 Å². The van der Waals surface area contributed by atoms with Crippen molar-refractivity contribution >= 4 is 6.09 Å². The Morgan fingerprint density at radius 1 is 1.35 bits per heavy atom. The van der Waals surface area contributed by atoms with Gasteiger partial charge in [-0.05, 0) is 40.5 Å². The molecule has 1 aliphatic carbocycles. The van der Waals surface area contributed by atoms with Crippen molar-refractivity contribution in [2.45, 2.75) is 70.6 Å². The Morgan fingerprint density at radius 3 is 2.24 bits per heavy atom. The van der Waals surface area contributed by atoms with Gasteiger partial charge in [-0.15, -0.1) is 0 Å². The van der Waals surface area contributed by atoms with Gasteiger partial charge in [0.15, 0.2) is 0 Å². The minimum absolute atomic E-state index is 0.0137. The highest BCUT2D eigenvalue weighted by molar-refractivity contribution is 5.68. The molecule has 0 saturated heterocycles. The predicted octanol–water partition coefficient (Wildman–Crippen LogP) is 2.51. The molecule has 2 N–H and O–H groups in total. The van der Waals surface area contributed by atoms with Gasteiger partial charge in [-0.3, -0.25) is 0 Å². The average molecular weight is 242 g/mol. The standard InChI is InChI=1S/C13H26N2O2/c1-10(13(14)8-6-7-9-13)15(5)11(16)17-12(2,3)4/h10H,6-9,14H2,1-5H3. The van der Waals surface area contributed by atoms with Crippen LogP contribution in [0.5, 0.6) is 0 Å². The van der Waals surface area contributed by atoms with Gasteiger partial charge >= 0.3 is 6.09 Å². The molecular weight excluding hydrogens is 216 g/mol. The first-order chi connectivity index (χ1) is 7.66. The highest BCUT2D eigenvalue weighted by atomic mass is 16.6. The molecule has 0 bridgehead atoms. The van der Waals surface area contributed by atoms with Crippen molar-refractivity contribution < 1.29 is 9.53 Å². The van der Waals surface area contributed by atoms with E-state index in [4.69, 9.17) is 10.5 Å². The molecule has 1 fully saturated rings. The zero-order chi connectivity index (χ0) is 13.3. The van der Waals surface area contributed by atoms with Crippen molar-refractivity contribution in [2.75, 3.05) is 7.05 Å². The summed E-state index contributed by atoms with van der Waals surface area (Å²) in [6, 6.07) is 0.0137. The third-order valence-electron chi connectivity index (χ3n) is 3.63. The molecule has 0 heterocycles. The fourth-order valence-corrected chi connectivity index (χ4v) is 2.33. The number of ether oxygens (including phenoxy) is 1. The molecule has 0 aromatic heterocycles. The summed E-state index contributed by atoms with van der Waals surface area (Å²) in [6.45, 7) is 7.63. The van der Waals surface area contributed by atoms with Gasteiger partial charge in [0, 0.05) is 18.6 Å². The van der Waals surface area contributed by atoms with E-state index >= 15 is 0 Å². The van der Waals surface area contributed by atoms with E-state index in [1.165, 1.54) is 0 Å². The Labute approximate surface area is 104 Å². The lowest BCUT2D eigenvalue weighted by Crippen LogP contribution is -2.56. The molecule has 100 valence electrons. The van der Waals surface area contributed by atoms with Gasteiger partial charge in [-0.1, -0.05) is 12.8 Å². The molecule has 1 atom stereocenters. The minimum atomic E-state index is -0.456. The van der Waals surface area contributed by atoms with Crippen LogP contribution in [-0.4, -0.2) is 35.2 Å². The van der Waals surface area contributed by atoms with Gasteiger partial charge in [-0.2, -0.15) is 0 Å². The summed E-state index contributed by atoms with van der Waals surface area (Å²) in [6.07, 6.45) is 4.00. The van der Waals surface area contributed by atoms with E-state index in [1.54, 1.807) is 11.9 Å². The van der Waals surface area contributed by atoms with Gasteiger partial charge in [0.25, 0.3) is 0 Å². The number of hydrogen-bond donors (Lipinski definition) is 1. The highest BCUT2D eigenvalue weighted by Gasteiger charge is 2.39. The van der Waals surface area contributed by atoms with E-state index in [-0.39, 0.29) is 17.7 Å². The second kappa shape index (κ2) is 4.84. The summed E-state index contributed by atoms with van der Waals surface area (Å²) >= 11 is 0. The second-order valence-electron chi connectivity index (χ2n) is 6.21. The van der Waals surface area contributed by atoms with Crippen molar-refractivity contribution in [3.8, 4) is 0 Å². The Balaban J connectivity index is 2.63. The van der Waals surface area contributed by atoms with Crippen LogP contribution in [-0.2, 0) is 4.74 Å². The van der Waals surface area contributed by atoms with E-state index in [0.717, 1.165) is 25.7 Å². The van der Waals surface area contributed by atoms with Crippen molar-refractivity contribution in [3.63, 3.8) is 0 Å². The smallest absolute Gasteiger partial charge is 0.410 e. The maximum absolute atomic E-state index is 11.9. The number of rotatable bonds is 2. The molecule has 17 heavy (non-hydrogen) atoms. The summed E-state index contributed by atoms with van der Waals surface area (Å²) in [5, 5.41) is 0. The molecule has 0 aliphatic heterocycles. The minimum Gasteiger partial charge on any atom is -0.444 e. The first-order valence-electron chi connectivity index (χ1n) is 6.40. The molecule has 1 amide bonds. The lowest BCUT2D eigenvalue weighted by Gasteiger charge is -2.38. The quantitative estimate of drug-likeness (QED) is 0.809. The molecule has 1 rings (SSSR count). The van der Waals surface area contributed by atoms with Crippen LogP contribution in [0.4, 0.5) is 4.79 Å². The topological polar surface area (TPSA) is 55.6 Å². The summed E-state index contributed by atoms with van der Waals surface area (Å²) < 4.78 is 5.36. The van der Waals surface area contributed by atoms with Gasteiger partial charge in [-0.25, -0.2) is 4.79 Å². The van der Waals surface area contributed by atoms with Crippen LogP contribution < -0.4 is 5.73 Å². The van der Waals surface area contributed by atoms with Crippen LogP contribution in [0.15, 0.2) is 0 Å². The molecule has 4 heteroatoms. The van der Waals surface area contributed by atoms with Crippen LogP contribution in [0.25, 0.3) is 0 Å². The van der Waals surface area contributed by atoms with Gasteiger partial charge in [0.05, 0.1) is 0 Å². The Kier molecular flexibility index (Phi) is 4.07. The summed E-state index contributed by atoms with van der Waals surface area (Å²) in [5.41, 5.74) is 5.66. The molecule has 1 saturated carbocycles. The number of hydrogen-bond acceptors (Lipinski definition) is 3. The Morgan fingerprint density at radius 2 is 1.82 bits per heavy atom. The molecule has 0 spiro atoms. The van der Waals surface area contributed by atoms with E-state index < -0.39 is 5.60 Å². The lowest BCUT2D eigenvalue weighted by molar-refractivity contribution is 0.0162. The molecule has 0 aromatic rings. The van der Waals surface area contributed by atoms with Gasteiger partial charge < -0.3 is 15.4 Å². The maximum Gasteiger partial charge on any atom is 0.410 e. The predicted molar refractivity (Wildman–Crippen MR) is 68.8 cm³/mol. The SMILES string of the molecule is CC(N(C)C(=O)OC(C)(C)C)C1(N)CCCC1. The summed E-state index contributed by atoms with van der Waals surface area (Å²) in [7, 11) is 1.77. The Hall–Kier alpha value is -0.770. The zero-order valence-corrected chi connectivity index (χ0v) is 11.7. The number of likely N-dealkylation sites (N-methyl/N-ethyl adjacent to an activating group) is 1. The lowest BCUT2D eigenvalue weighted by atomic mass is 9.90. The van der Waals surface area contributed by atoms with E-state index in [2.05, 4.69) is 0 Å². The summed E-state index contributed by atoms with van der Waals surface area (Å²) in [5.74, 6) is 0. The van der Waals surface area contributed by atoms with Gasteiger partial charge in [0.1, 0.15) is 5.60 Å². The number of carbonyl (C=O) groups is 1. The van der Waals surface area contributed by atoms with Crippen molar-refractivity contribution in [1.29, 1.82) is 0 Å². The molecular formula is C13H26N2O2. The van der Waals surface area contributed by atoms with Crippen molar-refractivity contribution in [2.24, 2.45) is 5.73 Å². The summed E-state index contributed by atoms with van der Waals surface area (Å²) in [4.78, 5) is 13.6. The molecule has 0 aromatic carbocycles. The number of amides is 1. The fourth-order valence-electron chi connectivity index (χ4n) is 2.33. The number of nitrogens with two attached hydrogens (primary N) is 1. The largest absolute Gasteiger partial charge is 0.444 e. The van der Waals surface area contributed by atoms with E-state index in [9.17, 15) is 4.79 Å². The fraction of sp³-hybridized carbons (Fsp3) is 0.923. The normalized spacial score (nSPS) is 21.1. The highest BCUT2D eigenvalue weighted by Crippen LogP contribution is 2.32. The number of nitrogens with zero attached hydrogens (tertiary/aromatic N) is 1. The van der Waals surface area contributed by atoms with Crippen molar-refractivity contribution in [3.05, 3.63) is 0 Å². The third-order valence-corrected chi connectivity index (χ3v) is 3.63. The second-order valence-corrected chi connectivity index (χ2v) is 6.21. The van der Waals surface area contributed by atoms with Crippen LogP contribution in [0.1, 0.15) is 53.4 Å². The average Bonchev–Trinajstić information content (AvgIpc) is 2.61. The maximum atomic E-state index is 11.9. The van der Waals surface area contributed by atoms with Crippen LogP contribution in [0.3, 0.4) is 0 Å². The first kappa shape index (κ1) is 14.3. The van der Waals surface area contributed by atoms with Gasteiger partial charge in [0.2, 0.25) is 0 Å². The molecule has 1 aliphatic rings. The monoisotopic (exact) mass is 242 g/mol. The van der Waals surface area contributed by atoms with Crippen LogP contribution in [0, 0.1) is 0 Å². The van der Waals surface area contributed by atoms with E-state index in [0.29, 0.717) is 0 Å². The van der Waals surface area contributed by atoms with Crippen LogP contribution in [0.2, 0.25) is 0 Å². The molecule has 0 radical (unpaired) electrons. The molecule has 4 nitrogen and oxygen atoms in total. The number of carbonyl (C=O) groups excluding carboxylic acids is 1. The Bertz CT molecular complexity index is 278. The third kappa shape index (κ3) is 3.60. The van der Waals surface area contributed by atoms with Crippen LogP contribution >= 0.6 is 0 Å². The van der Waals surface area contributed by atoms with E-state index in [1.807, 2.05) is 27.7 Å².